The molecular weight excluding hydrogens is 397 g/mol. The Bertz CT molecular complexity index is 1030. The summed E-state index contributed by atoms with van der Waals surface area (Å²) in [6.07, 6.45) is -2.67. The number of fused-ring (bicyclic) bond motifs is 1. The minimum Gasteiger partial charge on any atom is -0.378 e. The van der Waals surface area contributed by atoms with Crippen LogP contribution in [0.15, 0.2) is 30.6 Å². The highest BCUT2D eigenvalue weighted by Crippen LogP contribution is 2.30. The van der Waals surface area contributed by atoms with Gasteiger partial charge in [-0.1, -0.05) is 12.1 Å². The average Bonchev–Trinajstić information content (AvgIpc) is 3.17. The van der Waals surface area contributed by atoms with Gasteiger partial charge < -0.3 is 19.5 Å². The van der Waals surface area contributed by atoms with Crippen molar-refractivity contribution in [1.82, 2.24) is 19.5 Å². The molecule has 0 unspecified atom stereocenters. The molecule has 160 valence electrons. The fourth-order valence-corrected chi connectivity index (χ4v) is 3.35. The van der Waals surface area contributed by atoms with E-state index < -0.39 is 11.7 Å². The lowest BCUT2D eigenvalue weighted by atomic mass is 10.1. The number of morpholine rings is 1. The van der Waals surface area contributed by atoms with Crippen molar-refractivity contribution in [3.05, 3.63) is 41.7 Å². The Morgan fingerprint density at radius 3 is 2.63 bits per heavy atom. The second-order valence-electron chi connectivity index (χ2n) is 7.44. The maximum Gasteiger partial charge on any atom is 0.416 e. The fraction of sp³-hybridized carbons (Fsp3) is 0.450. The quantitative estimate of drug-likeness (QED) is 0.676. The average molecular weight is 420 g/mol. The summed E-state index contributed by atoms with van der Waals surface area (Å²) >= 11 is 0. The van der Waals surface area contributed by atoms with Gasteiger partial charge in [-0.2, -0.15) is 23.1 Å². The van der Waals surface area contributed by atoms with Crippen molar-refractivity contribution in [3.63, 3.8) is 0 Å². The molecule has 0 spiro atoms. The Kier molecular flexibility index (Phi) is 5.50. The number of anilines is 2. The van der Waals surface area contributed by atoms with Crippen LogP contribution in [0.3, 0.4) is 0 Å². The SMILES string of the molecule is CC(C)n1cnc2c(NCc3cccc(C(F)(F)F)c3)nc(N3CCOCC3)nc21. The van der Waals surface area contributed by atoms with Crippen LogP contribution in [0.1, 0.15) is 31.0 Å². The molecule has 10 heteroatoms. The molecule has 0 amide bonds. The molecule has 1 fully saturated rings. The molecule has 30 heavy (non-hydrogen) atoms. The molecule has 0 saturated carbocycles. The third kappa shape index (κ3) is 4.18. The van der Waals surface area contributed by atoms with Gasteiger partial charge in [-0.25, -0.2) is 4.98 Å². The molecule has 1 N–H and O–H groups in total. The van der Waals surface area contributed by atoms with E-state index in [1.165, 1.54) is 6.07 Å². The normalized spacial score (nSPS) is 15.2. The Hall–Kier alpha value is -2.88. The molecule has 3 heterocycles. The van der Waals surface area contributed by atoms with Crippen LogP contribution in [0.2, 0.25) is 0 Å². The number of nitrogens with one attached hydrogen (secondary N) is 1. The number of aromatic nitrogens is 4. The second kappa shape index (κ2) is 8.10. The number of imidazole rings is 1. The lowest BCUT2D eigenvalue weighted by Crippen LogP contribution is -2.37. The van der Waals surface area contributed by atoms with Crippen LogP contribution in [0, 0.1) is 0 Å². The summed E-state index contributed by atoms with van der Waals surface area (Å²) in [5, 5.41) is 3.16. The molecule has 0 bridgehead atoms. The number of nitrogens with zero attached hydrogens (tertiary/aromatic N) is 5. The summed E-state index contributed by atoms with van der Waals surface area (Å²) in [6.45, 7) is 6.80. The predicted molar refractivity (Wildman–Crippen MR) is 108 cm³/mol. The van der Waals surface area contributed by atoms with E-state index in [1.54, 1.807) is 12.4 Å². The fourth-order valence-electron chi connectivity index (χ4n) is 3.35. The van der Waals surface area contributed by atoms with E-state index in [9.17, 15) is 13.2 Å². The predicted octanol–water partition coefficient (Wildman–Crippen LogP) is 3.87. The van der Waals surface area contributed by atoms with Crippen molar-refractivity contribution in [2.24, 2.45) is 0 Å². The topological polar surface area (TPSA) is 68.1 Å². The van der Waals surface area contributed by atoms with Gasteiger partial charge in [0, 0.05) is 25.7 Å². The third-order valence-electron chi connectivity index (χ3n) is 4.97. The number of halogens is 3. The Labute approximate surface area is 171 Å². The maximum absolute atomic E-state index is 13.0. The number of hydrogen-bond donors (Lipinski definition) is 1. The molecule has 2 aromatic heterocycles. The highest BCUT2D eigenvalue weighted by atomic mass is 19.4. The smallest absolute Gasteiger partial charge is 0.378 e. The molecule has 4 rings (SSSR count). The lowest BCUT2D eigenvalue weighted by molar-refractivity contribution is -0.137. The van der Waals surface area contributed by atoms with E-state index in [4.69, 9.17) is 9.72 Å². The van der Waals surface area contributed by atoms with Crippen LogP contribution in [0.4, 0.5) is 24.9 Å². The number of hydrogen-bond acceptors (Lipinski definition) is 6. The van der Waals surface area contributed by atoms with E-state index >= 15 is 0 Å². The molecule has 0 aliphatic carbocycles. The maximum atomic E-state index is 13.0. The van der Waals surface area contributed by atoms with Gasteiger partial charge in [0.05, 0.1) is 25.1 Å². The standard InChI is InChI=1S/C20H23F3N6O/c1-13(2)29-12-25-16-17(24-11-14-4-3-5-15(10-14)20(21,22)23)26-19(27-18(16)29)28-6-8-30-9-7-28/h3-5,10,12-13H,6-9,11H2,1-2H3,(H,24,26,27). The van der Waals surface area contributed by atoms with Crippen molar-refractivity contribution < 1.29 is 17.9 Å². The van der Waals surface area contributed by atoms with Gasteiger partial charge in [0.2, 0.25) is 5.95 Å². The van der Waals surface area contributed by atoms with Crippen LogP contribution in [0.5, 0.6) is 0 Å². The van der Waals surface area contributed by atoms with Crippen molar-refractivity contribution in [2.75, 3.05) is 36.5 Å². The monoisotopic (exact) mass is 420 g/mol. The Balaban J connectivity index is 1.67. The van der Waals surface area contributed by atoms with Crippen molar-refractivity contribution in [1.29, 1.82) is 0 Å². The largest absolute Gasteiger partial charge is 0.416 e. The lowest BCUT2D eigenvalue weighted by Gasteiger charge is -2.27. The second-order valence-corrected chi connectivity index (χ2v) is 7.44. The van der Waals surface area contributed by atoms with Gasteiger partial charge in [0.1, 0.15) is 0 Å². The molecule has 1 aromatic carbocycles. The van der Waals surface area contributed by atoms with Gasteiger partial charge in [0.15, 0.2) is 17.0 Å². The van der Waals surface area contributed by atoms with Crippen molar-refractivity contribution in [3.8, 4) is 0 Å². The van der Waals surface area contributed by atoms with Gasteiger partial charge in [-0.3, -0.25) is 0 Å². The van der Waals surface area contributed by atoms with Crippen molar-refractivity contribution >= 4 is 22.9 Å². The summed E-state index contributed by atoms with van der Waals surface area (Å²) in [6, 6.07) is 5.41. The zero-order chi connectivity index (χ0) is 21.3. The van der Waals surface area contributed by atoms with Crippen LogP contribution < -0.4 is 10.2 Å². The van der Waals surface area contributed by atoms with Crippen molar-refractivity contribution in [2.45, 2.75) is 32.6 Å². The van der Waals surface area contributed by atoms with E-state index in [2.05, 4.69) is 15.3 Å². The summed E-state index contributed by atoms with van der Waals surface area (Å²) in [5.74, 6) is 1.05. The molecule has 7 nitrogen and oxygen atoms in total. The summed E-state index contributed by atoms with van der Waals surface area (Å²) in [4.78, 5) is 15.8. The first-order valence-electron chi connectivity index (χ1n) is 9.80. The first kappa shape index (κ1) is 20.4. The Morgan fingerprint density at radius 2 is 1.93 bits per heavy atom. The van der Waals surface area contributed by atoms with Crippen LogP contribution in [-0.2, 0) is 17.5 Å². The number of alkyl halides is 3. The van der Waals surface area contributed by atoms with E-state index in [-0.39, 0.29) is 12.6 Å². The van der Waals surface area contributed by atoms with E-state index in [0.717, 1.165) is 12.1 Å². The van der Waals surface area contributed by atoms with Gasteiger partial charge in [0.25, 0.3) is 0 Å². The van der Waals surface area contributed by atoms with Crippen LogP contribution >= 0.6 is 0 Å². The molecule has 0 atom stereocenters. The zero-order valence-electron chi connectivity index (χ0n) is 16.8. The van der Waals surface area contributed by atoms with Gasteiger partial charge in [-0.15, -0.1) is 0 Å². The summed E-state index contributed by atoms with van der Waals surface area (Å²) in [7, 11) is 0. The highest BCUT2D eigenvalue weighted by Gasteiger charge is 2.30. The number of benzene rings is 1. The van der Waals surface area contributed by atoms with Gasteiger partial charge >= 0.3 is 6.18 Å². The van der Waals surface area contributed by atoms with E-state index in [1.807, 2.05) is 23.3 Å². The van der Waals surface area contributed by atoms with Crippen LogP contribution in [0.25, 0.3) is 11.2 Å². The number of rotatable bonds is 5. The highest BCUT2D eigenvalue weighted by molar-refractivity contribution is 5.84. The number of ether oxygens (including phenoxy) is 1. The minimum absolute atomic E-state index is 0.152. The molecule has 1 aliphatic rings. The molecular formula is C20H23F3N6O. The molecule has 3 aromatic rings. The zero-order valence-corrected chi connectivity index (χ0v) is 16.8. The Morgan fingerprint density at radius 1 is 1.17 bits per heavy atom. The molecule has 1 saturated heterocycles. The third-order valence-corrected chi connectivity index (χ3v) is 4.97. The first-order valence-corrected chi connectivity index (χ1v) is 9.80. The minimum atomic E-state index is -4.38. The molecule has 0 radical (unpaired) electrons. The van der Waals surface area contributed by atoms with Crippen LogP contribution in [-0.4, -0.2) is 45.8 Å². The van der Waals surface area contributed by atoms with E-state index in [0.29, 0.717) is 54.8 Å². The summed E-state index contributed by atoms with van der Waals surface area (Å²) in [5.41, 5.74) is 1.11. The first-order chi connectivity index (χ1) is 14.3. The summed E-state index contributed by atoms with van der Waals surface area (Å²) < 4.78 is 46.4. The molecule has 1 aliphatic heterocycles. The van der Waals surface area contributed by atoms with Gasteiger partial charge in [-0.05, 0) is 31.5 Å².